The van der Waals surface area contributed by atoms with Crippen LogP contribution in [0.3, 0.4) is 0 Å². The number of primary amides is 1. The highest BCUT2D eigenvalue weighted by molar-refractivity contribution is 5.96. The second kappa shape index (κ2) is 9.84. The number of aryl methyl sites for hydroxylation is 2. The molecule has 2 N–H and O–H groups in total. The first-order valence-electron chi connectivity index (χ1n) is 12.0. The van der Waals surface area contributed by atoms with Crippen molar-refractivity contribution in [1.82, 2.24) is 4.90 Å². The number of hydrogen-bond acceptors (Lipinski definition) is 4. The Morgan fingerprint density at radius 2 is 1.75 bits per heavy atom. The molecule has 0 saturated carbocycles. The van der Waals surface area contributed by atoms with Crippen molar-refractivity contribution >= 4 is 17.5 Å². The molecule has 0 aliphatic carbocycles. The van der Waals surface area contributed by atoms with Crippen LogP contribution in [0.1, 0.15) is 45.5 Å². The van der Waals surface area contributed by atoms with Gasteiger partial charge in [-0.2, -0.15) is 18.4 Å². The van der Waals surface area contributed by atoms with Crippen LogP contribution >= 0.6 is 0 Å². The number of alkyl halides is 3. The van der Waals surface area contributed by atoms with Crippen LogP contribution in [-0.4, -0.2) is 42.9 Å². The lowest BCUT2D eigenvalue weighted by atomic mass is 9.78. The molecule has 0 aromatic heterocycles. The third kappa shape index (κ3) is 5.03. The predicted molar refractivity (Wildman–Crippen MR) is 129 cm³/mol. The molecule has 2 aliphatic rings. The molecule has 0 spiro atoms. The largest absolute Gasteiger partial charge is 0.417 e. The molecule has 0 radical (unpaired) electrons. The van der Waals surface area contributed by atoms with Crippen molar-refractivity contribution in [2.75, 3.05) is 31.1 Å². The van der Waals surface area contributed by atoms with Crippen LogP contribution in [0.5, 0.6) is 0 Å². The summed E-state index contributed by atoms with van der Waals surface area (Å²) in [6, 6.07) is 11.0. The molecule has 2 aromatic carbocycles. The van der Waals surface area contributed by atoms with Crippen molar-refractivity contribution < 1.29 is 22.8 Å². The average Bonchev–Trinajstić information content (AvgIpc) is 3.29. The Labute approximate surface area is 208 Å². The SMILES string of the molecule is Cc1ccc(C(=O)N2C[C@@H](C(N)=O)[C@H](C3CCN(c4ccc(C#N)c(C(F)(F)F)c4)CC3)C2)c(C)c1. The van der Waals surface area contributed by atoms with Crippen molar-refractivity contribution in [3.63, 3.8) is 0 Å². The lowest BCUT2D eigenvalue weighted by molar-refractivity contribution is -0.137. The van der Waals surface area contributed by atoms with E-state index in [-0.39, 0.29) is 24.3 Å². The number of likely N-dealkylation sites (tertiary alicyclic amines) is 1. The molecule has 2 aliphatic heterocycles. The van der Waals surface area contributed by atoms with E-state index in [1.165, 1.54) is 6.07 Å². The van der Waals surface area contributed by atoms with Crippen LogP contribution in [-0.2, 0) is 11.0 Å². The van der Waals surface area contributed by atoms with E-state index in [1.54, 1.807) is 17.0 Å². The van der Waals surface area contributed by atoms with Gasteiger partial charge in [0.15, 0.2) is 0 Å². The first kappa shape index (κ1) is 25.5. The van der Waals surface area contributed by atoms with E-state index in [9.17, 15) is 22.8 Å². The Kier molecular flexibility index (Phi) is 6.98. The molecule has 9 heteroatoms. The fourth-order valence-corrected chi connectivity index (χ4v) is 5.64. The standard InChI is InChI=1S/C27H29F3N4O2/c1-16-3-6-21(17(2)11-16)26(36)34-14-22(23(15-34)25(32)35)18-7-9-33(10-8-18)20-5-4-19(13-31)24(12-20)27(28,29)30/h3-6,11-12,18,22-23H,7-10,14-15H2,1-2H3,(H2,32,35)/t22-,23+/m0/s1. The predicted octanol–water partition coefficient (Wildman–Crippen LogP) is 4.28. The zero-order valence-electron chi connectivity index (χ0n) is 20.3. The molecule has 2 heterocycles. The number of nitrogens with zero attached hydrogens (tertiary/aromatic N) is 3. The summed E-state index contributed by atoms with van der Waals surface area (Å²) in [4.78, 5) is 29.1. The molecule has 2 amide bonds. The van der Waals surface area contributed by atoms with Gasteiger partial charge >= 0.3 is 6.18 Å². The number of piperidine rings is 1. The van der Waals surface area contributed by atoms with Crippen LogP contribution in [0.15, 0.2) is 36.4 Å². The van der Waals surface area contributed by atoms with Crippen molar-refractivity contribution in [3.05, 3.63) is 64.2 Å². The number of nitrogens with two attached hydrogens (primary N) is 1. The van der Waals surface area contributed by atoms with E-state index in [0.29, 0.717) is 43.7 Å². The number of nitriles is 1. The summed E-state index contributed by atoms with van der Waals surface area (Å²) in [7, 11) is 0. The maximum absolute atomic E-state index is 13.4. The molecule has 2 aromatic rings. The lowest BCUT2D eigenvalue weighted by Gasteiger charge is -2.37. The highest BCUT2D eigenvalue weighted by Crippen LogP contribution is 2.39. The molecule has 190 valence electrons. The number of amides is 2. The smallest absolute Gasteiger partial charge is 0.372 e. The van der Waals surface area contributed by atoms with Crippen LogP contribution < -0.4 is 10.6 Å². The van der Waals surface area contributed by atoms with Gasteiger partial charge in [0.05, 0.1) is 23.1 Å². The van der Waals surface area contributed by atoms with Gasteiger partial charge in [0.25, 0.3) is 5.91 Å². The van der Waals surface area contributed by atoms with Gasteiger partial charge < -0.3 is 15.5 Å². The van der Waals surface area contributed by atoms with Gasteiger partial charge in [0.2, 0.25) is 5.91 Å². The summed E-state index contributed by atoms with van der Waals surface area (Å²) in [5.74, 6) is -0.971. The molecule has 36 heavy (non-hydrogen) atoms. The van der Waals surface area contributed by atoms with Gasteiger partial charge in [0, 0.05) is 37.4 Å². The molecule has 2 fully saturated rings. The van der Waals surface area contributed by atoms with Crippen molar-refractivity contribution in [1.29, 1.82) is 5.26 Å². The molecule has 0 unspecified atom stereocenters. The molecule has 4 rings (SSSR count). The summed E-state index contributed by atoms with van der Waals surface area (Å²) in [5.41, 5.74) is 7.37. The van der Waals surface area contributed by atoms with E-state index in [1.807, 2.05) is 36.9 Å². The van der Waals surface area contributed by atoms with Crippen LogP contribution in [0.2, 0.25) is 0 Å². The quantitative estimate of drug-likeness (QED) is 0.681. The zero-order valence-corrected chi connectivity index (χ0v) is 20.3. The molecule has 2 saturated heterocycles. The van der Waals surface area contributed by atoms with Gasteiger partial charge in [-0.15, -0.1) is 0 Å². The molecule has 6 nitrogen and oxygen atoms in total. The minimum Gasteiger partial charge on any atom is -0.372 e. The van der Waals surface area contributed by atoms with E-state index < -0.39 is 29.1 Å². The minimum atomic E-state index is -4.61. The zero-order chi connectivity index (χ0) is 26.2. The number of hydrogen-bond donors (Lipinski definition) is 1. The van der Waals surface area contributed by atoms with E-state index >= 15 is 0 Å². The molecular formula is C27H29F3N4O2. The van der Waals surface area contributed by atoms with Gasteiger partial charge in [-0.25, -0.2) is 0 Å². The van der Waals surface area contributed by atoms with E-state index in [0.717, 1.165) is 17.2 Å². The Hall–Kier alpha value is -3.54. The fourth-order valence-electron chi connectivity index (χ4n) is 5.64. The highest BCUT2D eigenvalue weighted by Gasteiger charge is 2.43. The first-order valence-corrected chi connectivity index (χ1v) is 12.0. The number of carbonyl (C=O) groups excluding carboxylic acids is 2. The highest BCUT2D eigenvalue weighted by atomic mass is 19.4. The number of rotatable bonds is 4. The Balaban J connectivity index is 1.47. The van der Waals surface area contributed by atoms with Crippen LogP contribution in [0.25, 0.3) is 0 Å². The third-order valence-corrected chi connectivity index (χ3v) is 7.57. The Morgan fingerprint density at radius 3 is 2.33 bits per heavy atom. The monoisotopic (exact) mass is 498 g/mol. The summed E-state index contributed by atoms with van der Waals surface area (Å²) in [5, 5.41) is 9.04. The topological polar surface area (TPSA) is 90.4 Å². The second-order valence-corrected chi connectivity index (χ2v) is 9.87. The van der Waals surface area contributed by atoms with Crippen LogP contribution in [0, 0.1) is 42.9 Å². The lowest BCUT2D eigenvalue weighted by Crippen LogP contribution is -2.40. The minimum absolute atomic E-state index is 0.0916. The summed E-state index contributed by atoms with van der Waals surface area (Å²) in [6.45, 7) is 5.59. The van der Waals surface area contributed by atoms with Crippen molar-refractivity contribution in [2.24, 2.45) is 23.5 Å². The van der Waals surface area contributed by atoms with Gasteiger partial charge in [-0.3, -0.25) is 9.59 Å². The Morgan fingerprint density at radius 1 is 1.06 bits per heavy atom. The Bertz CT molecular complexity index is 1210. The molecule has 2 atom stereocenters. The summed E-state index contributed by atoms with van der Waals surface area (Å²) in [6.07, 6.45) is -3.27. The number of benzene rings is 2. The second-order valence-electron chi connectivity index (χ2n) is 9.87. The molecular weight excluding hydrogens is 469 g/mol. The summed E-state index contributed by atoms with van der Waals surface area (Å²) >= 11 is 0. The summed E-state index contributed by atoms with van der Waals surface area (Å²) < 4.78 is 40.2. The van der Waals surface area contributed by atoms with E-state index in [2.05, 4.69) is 0 Å². The number of halogens is 3. The fraction of sp³-hybridized carbons (Fsp3) is 0.444. The average molecular weight is 499 g/mol. The van der Waals surface area contributed by atoms with Gasteiger partial charge in [-0.05, 0) is 68.4 Å². The first-order chi connectivity index (χ1) is 17.0. The van der Waals surface area contributed by atoms with Crippen molar-refractivity contribution in [3.8, 4) is 6.07 Å². The van der Waals surface area contributed by atoms with Gasteiger partial charge in [0.1, 0.15) is 0 Å². The van der Waals surface area contributed by atoms with Crippen LogP contribution in [0.4, 0.5) is 18.9 Å². The maximum Gasteiger partial charge on any atom is 0.417 e. The van der Waals surface area contributed by atoms with Gasteiger partial charge in [-0.1, -0.05) is 17.7 Å². The molecule has 0 bridgehead atoms. The number of anilines is 1. The maximum atomic E-state index is 13.4. The number of carbonyl (C=O) groups is 2. The van der Waals surface area contributed by atoms with E-state index in [4.69, 9.17) is 11.0 Å². The third-order valence-electron chi connectivity index (χ3n) is 7.57. The van der Waals surface area contributed by atoms with Crippen molar-refractivity contribution in [2.45, 2.75) is 32.9 Å². The normalized spacial score (nSPS) is 20.9.